The van der Waals surface area contributed by atoms with Crippen molar-refractivity contribution < 1.29 is 9.21 Å². The fourth-order valence-corrected chi connectivity index (χ4v) is 3.39. The molecule has 0 aromatic carbocycles. The number of aryl methyl sites for hydroxylation is 1. The molecule has 0 aliphatic carbocycles. The quantitative estimate of drug-likeness (QED) is 0.861. The second kappa shape index (κ2) is 4.97. The van der Waals surface area contributed by atoms with Crippen LogP contribution in [0.25, 0.3) is 11.4 Å². The number of thioether (sulfide) groups is 1. The van der Waals surface area contributed by atoms with E-state index < -0.39 is 0 Å². The lowest BCUT2D eigenvalue weighted by atomic mass is 10.2. The molecule has 0 bridgehead atoms. The number of likely N-dealkylation sites (tertiary alicyclic amines) is 1. The van der Waals surface area contributed by atoms with Gasteiger partial charge in [0, 0.05) is 20.6 Å². The van der Waals surface area contributed by atoms with E-state index in [0.29, 0.717) is 0 Å². The molecular weight excluding hydrogens is 276 g/mol. The lowest BCUT2D eigenvalue weighted by Gasteiger charge is -2.09. The van der Waals surface area contributed by atoms with Gasteiger partial charge in [0.2, 0.25) is 5.91 Å². The Labute approximate surface area is 121 Å². The highest BCUT2D eigenvalue weighted by Gasteiger charge is 2.31. The van der Waals surface area contributed by atoms with Crippen LogP contribution in [0.1, 0.15) is 12.2 Å². The normalized spacial score (nSPS) is 19.1. The summed E-state index contributed by atoms with van der Waals surface area (Å²) < 4.78 is 7.21. The Balaban J connectivity index is 1.85. The zero-order valence-corrected chi connectivity index (χ0v) is 12.5. The molecule has 3 rings (SSSR count). The average molecular weight is 292 g/mol. The van der Waals surface area contributed by atoms with Crippen LogP contribution in [0.15, 0.2) is 21.9 Å². The molecule has 20 heavy (non-hydrogen) atoms. The van der Waals surface area contributed by atoms with Gasteiger partial charge < -0.3 is 13.9 Å². The van der Waals surface area contributed by atoms with Crippen molar-refractivity contribution >= 4 is 17.7 Å². The summed E-state index contributed by atoms with van der Waals surface area (Å²) in [5.41, 5.74) is 0.932. The maximum atomic E-state index is 11.9. The zero-order chi connectivity index (χ0) is 14.3. The minimum Gasteiger partial charge on any atom is -0.469 e. The molecule has 2 aromatic rings. The predicted octanol–water partition coefficient (Wildman–Crippen LogP) is 1.71. The van der Waals surface area contributed by atoms with E-state index in [1.165, 1.54) is 11.8 Å². The van der Waals surface area contributed by atoms with E-state index in [4.69, 9.17) is 4.42 Å². The van der Waals surface area contributed by atoms with Gasteiger partial charge in [0.25, 0.3) is 0 Å². The van der Waals surface area contributed by atoms with Crippen LogP contribution in [0, 0.1) is 6.92 Å². The van der Waals surface area contributed by atoms with Gasteiger partial charge in [-0.1, -0.05) is 11.8 Å². The number of nitrogens with zero attached hydrogens (tertiary/aromatic N) is 4. The first-order valence-electron chi connectivity index (χ1n) is 6.43. The van der Waals surface area contributed by atoms with E-state index in [1.807, 2.05) is 31.7 Å². The van der Waals surface area contributed by atoms with Crippen molar-refractivity contribution in [2.45, 2.75) is 23.8 Å². The highest BCUT2D eigenvalue weighted by Crippen LogP contribution is 2.31. The summed E-state index contributed by atoms with van der Waals surface area (Å²) >= 11 is 1.48. The number of rotatable bonds is 3. The molecule has 0 N–H and O–H groups in total. The first-order chi connectivity index (χ1) is 9.58. The van der Waals surface area contributed by atoms with Gasteiger partial charge >= 0.3 is 0 Å². The first-order valence-corrected chi connectivity index (χ1v) is 7.31. The molecule has 0 saturated carbocycles. The third-order valence-corrected chi connectivity index (χ3v) is 4.85. The summed E-state index contributed by atoms with van der Waals surface area (Å²) in [4.78, 5) is 13.7. The molecule has 3 heterocycles. The van der Waals surface area contributed by atoms with Crippen LogP contribution < -0.4 is 0 Å². The second-order valence-electron chi connectivity index (χ2n) is 4.91. The third kappa shape index (κ3) is 2.11. The Bertz CT molecular complexity index is 649. The molecule has 1 saturated heterocycles. The zero-order valence-electron chi connectivity index (χ0n) is 11.7. The third-order valence-electron chi connectivity index (χ3n) is 3.56. The van der Waals surface area contributed by atoms with Crippen molar-refractivity contribution in [1.82, 2.24) is 19.7 Å². The molecule has 1 fully saturated rings. The summed E-state index contributed by atoms with van der Waals surface area (Å²) in [6.07, 6.45) is 2.49. The fourth-order valence-electron chi connectivity index (χ4n) is 2.30. The maximum Gasteiger partial charge on any atom is 0.235 e. The highest BCUT2D eigenvalue weighted by atomic mass is 32.2. The molecule has 1 amide bonds. The standard InChI is InChI=1S/C13H16N4O2S/c1-8-9(5-7-19-8)11-14-15-13(17(11)3)20-10-4-6-16(2)12(10)18/h5,7,10H,4,6H2,1-3H3. The molecule has 1 atom stereocenters. The second-order valence-corrected chi connectivity index (χ2v) is 6.08. The van der Waals surface area contributed by atoms with Crippen molar-refractivity contribution in [1.29, 1.82) is 0 Å². The topological polar surface area (TPSA) is 64.2 Å². The molecule has 106 valence electrons. The smallest absolute Gasteiger partial charge is 0.235 e. The van der Waals surface area contributed by atoms with Crippen LogP contribution in [0.3, 0.4) is 0 Å². The lowest BCUT2D eigenvalue weighted by Crippen LogP contribution is -2.23. The van der Waals surface area contributed by atoms with Gasteiger partial charge in [-0.15, -0.1) is 10.2 Å². The summed E-state index contributed by atoms with van der Waals surface area (Å²) in [6.45, 7) is 2.70. The molecule has 6 nitrogen and oxygen atoms in total. The van der Waals surface area contributed by atoms with E-state index in [9.17, 15) is 4.79 Å². The largest absolute Gasteiger partial charge is 0.469 e. The summed E-state index contributed by atoms with van der Waals surface area (Å²) in [5.74, 6) is 1.74. The van der Waals surface area contributed by atoms with Gasteiger partial charge in [-0.2, -0.15) is 0 Å². The molecule has 2 aromatic heterocycles. The summed E-state index contributed by atoms with van der Waals surface area (Å²) in [6, 6.07) is 1.88. The van der Waals surface area contributed by atoms with Crippen molar-refractivity contribution in [2.75, 3.05) is 13.6 Å². The van der Waals surface area contributed by atoms with Crippen LogP contribution in [0.2, 0.25) is 0 Å². The molecule has 7 heteroatoms. The first kappa shape index (κ1) is 13.2. The number of furan rings is 1. The molecular formula is C13H16N4O2S. The number of aromatic nitrogens is 3. The Morgan fingerprint density at radius 2 is 2.20 bits per heavy atom. The summed E-state index contributed by atoms with van der Waals surface area (Å²) in [5, 5.41) is 9.12. The molecule has 1 aliphatic rings. The fraction of sp³-hybridized carbons (Fsp3) is 0.462. The van der Waals surface area contributed by atoms with Gasteiger partial charge in [0.15, 0.2) is 11.0 Å². The number of carbonyl (C=O) groups excluding carboxylic acids is 1. The average Bonchev–Trinajstić information content (AvgIpc) is 3.07. The van der Waals surface area contributed by atoms with Crippen molar-refractivity contribution in [3.05, 3.63) is 18.1 Å². The Kier molecular flexibility index (Phi) is 3.29. The van der Waals surface area contributed by atoms with Crippen molar-refractivity contribution in [2.24, 2.45) is 7.05 Å². The molecule has 0 radical (unpaired) electrons. The number of hydrogen-bond donors (Lipinski definition) is 0. The summed E-state index contributed by atoms with van der Waals surface area (Å²) in [7, 11) is 3.74. The van der Waals surface area contributed by atoms with Crippen LogP contribution >= 0.6 is 11.8 Å². The van der Waals surface area contributed by atoms with Gasteiger partial charge in [-0.05, 0) is 19.4 Å². The van der Waals surface area contributed by atoms with E-state index in [0.717, 1.165) is 35.3 Å². The van der Waals surface area contributed by atoms with Gasteiger partial charge in [-0.3, -0.25) is 4.79 Å². The number of hydrogen-bond acceptors (Lipinski definition) is 5. The minimum absolute atomic E-state index is 0.0544. The van der Waals surface area contributed by atoms with Gasteiger partial charge in [-0.25, -0.2) is 0 Å². The van der Waals surface area contributed by atoms with Gasteiger partial charge in [0.1, 0.15) is 5.76 Å². The van der Waals surface area contributed by atoms with Crippen LogP contribution in [0.4, 0.5) is 0 Å². The molecule has 1 unspecified atom stereocenters. The van der Waals surface area contributed by atoms with E-state index >= 15 is 0 Å². The van der Waals surface area contributed by atoms with Crippen LogP contribution in [-0.2, 0) is 11.8 Å². The number of amides is 1. The Morgan fingerprint density at radius 1 is 1.40 bits per heavy atom. The minimum atomic E-state index is -0.0544. The van der Waals surface area contributed by atoms with E-state index in [2.05, 4.69) is 10.2 Å². The van der Waals surface area contributed by atoms with E-state index in [1.54, 1.807) is 11.2 Å². The lowest BCUT2D eigenvalue weighted by molar-refractivity contribution is -0.126. The maximum absolute atomic E-state index is 11.9. The van der Waals surface area contributed by atoms with Crippen LogP contribution in [-0.4, -0.2) is 44.4 Å². The van der Waals surface area contributed by atoms with Crippen LogP contribution in [0.5, 0.6) is 0 Å². The highest BCUT2D eigenvalue weighted by molar-refractivity contribution is 8.00. The number of carbonyl (C=O) groups is 1. The van der Waals surface area contributed by atoms with Crippen molar-refractivity contribution in [3.63, 3.8) is 0 Å². The molecule has 1 aliphatic heterocycles. The van der Waals surface area contributed by atoms with Crippen molar-refractivity contribution in [3.8, 4) is 11.4 Å². The Hall–Kier alpha value is -1.76. The Morgan fingerprint density at radius 3 is 2.80 bits per heavy atom. The van der Waals surface area contributed by atoms with Gasteiger partial charge in [0.05, 0.1) is 17.1 Å². The predicted molar refractivity (Wildman–Crippen MR) is 75.3 cm³/mol. The molecule has 0 spiro atoms. The monoisotopic (exact) mass is 292 g/mol. The SMILES string of the molecule is Cc1occc1-c1nnc(SC2CCN(C)C2=O)n1C. The van der Waals surface area contributed by atoms with E-state index in [-0.39, 0.29) is 11.2 Å².